The fraction of sp³-hybridized carbons (Fsp3) is 0.875. The van der Waals surface area contributed by atoms with Crippen LogP contribution in [0.25, 0.3) is 0 Å². The summed E-state index contributed by atoms with van der Waals surface area (Å²) in [5.41, 5.74) is 0. The maximum atomic E-state index is 10.5. The van der Waals surface area contributed by atoms with E-state index < -0.39 is 18.1 Å². The van der Waals surface area contributed by atoms with Gasteiger partial charge in [0.1, 0.15) is 6.04 Å². The van der Waals surface area contributed by atoms with Gasteiger partial charge in [0, 0.05) is 12.5 Å². The number of aliphatic hydroxyl groups excluding tert-OH is 1. The van der Waals surface area contributed by atoms with Crippen LogP contribution in [-0.2, 0) is 4.79 Å². The SMILES string of the molecule is CC(C)[C@@H]1NC(C(=O)O)CC1O. The van der Waals surface area contributed by atoms with Crippen LogP contribution in [0, 0.1) is 5.92 Å². The zero-order valence-corrected chi connectivity index (χ0v) is 7.32. The van der Waals surface area contributed by atoms with E-state index in [9.17, 15) is 9.90 Å². The van der Waals surface area contributed by atoms with Crippen LogP contribution in [0.5, 0.6) is 0 Å². The van der Waals surface area contributed by atoms with Crippen LogP contribution in [0.1, 0.15) is 20.3 Å². The summed E-state index contributed by atoms with van der Waals surface area (Å²) in [6.45, 7) is 3.93. The number of hydrogen-bond donors (Lipinski definition) is 3. The molecule has 1 aliphatic rings. The van der Waals surface area contributed by atoms with Crippen molar-refractivity contribution in [3.05, 3.63) is 0 Å². The second-order valence-electron chi connectivity index (χ2n) is 3.63. The molecule has 4 heteroatoms. The van der Waals surface area contributed by atoms with E-state index >= 15 is 0 Å². The van der Waals surface area contributed by atoms with Crippen molar-refractivity contribution in [2.75, 3.05) is 0 Å². The lowest BCUT2D eigenvalue weighted by Crippen LogP contribution is -2.40. The van der Waals surface area contributed by atoms with Crippen LogP contribution < -0.4 is 5.32 Å². The third-order valence-electron chi connectivity index (χ3n) is 2.30. The lowest BCUT2D eigenvalue weighted by atomic mass is 10.0. The molecule has 1 rings (SSSR count). The summed E-state index contributed by atoms with van der Waals surface area (Å²) < 4.78 is 0. The Morgan fingerprint density at radius 1 is 1.58 bits per heavy atom. The van der Waals surface area contributed by atoms with Gasteiger partial charge in [0.25, 0.3) is 0 Å². The van der Waals surface area contributed by atoms with E-state index in [1.54, 1.807) is 0 Å². The molecule has 0 bridgehead atoms. The molecule has 12 heavy (non-hydrogen) atoms. The van der Waals surface area contributed by atoms with Gasteiger partial charge >= 0.3 is 5.97 Å². The number of nitrogens with one attached hydrogen (secondary N) is 1. The van der Waals surface area contributed by atoms with E-state index in [0.29, 0.717) is 6.42 Å². The quantitative estimate of drug-likeness (QED) is 0.541. The van der Waals surface area contributed by atoms with Gasteiger partial charge in [0.2, 0.25) is 0 Å². The van der Waals surface area contributed by atoms with Crippen molar-refractivity contribution in [2.24, 2.45) is 5.92 Å². The van der Waals surface area contributed by atoms with E-state index in [4.69, 9.17) is 5.11 Å². The molecule has 70 valence electrons. The third kappa shape index (κ3) is 1.76. The first kappa shape index (κ1) is 9.48. The molecule has 0 aromatic rings. The highest BCUT2D eigenvalue weighted by Gasteiger charge is 2.37. The Morgan fingerprint density at radius 3 is 2.42 bits per heavy atom. The second kappa shape index (κ2) is 3.41. The van der Waals surface area contributed by atoms with Crippen molar-refractivity contribution < 1.29 is 15.0 Å². The van der Waals surface area contributed by atoms with Gasteiger partial charge in [-0.1, -0.05) is 13.8 Å². The summed E-state index contributed by atoms with van der Waals surface area (Å²) in [7, 11) is 0. The molecule has 4 nitrogen and oxygen atoms in total. The Hall–Kier alpha value is -0.610. The van der Waals surface area contributed by atoms with Gasteiger partial charge in [0.05, 0.1) is 6.10 Å². The molecule has 1 aliphatic heterocycles. The number of carboxylic acids is 1. The van der Waals surface area contributed by atoms with Crippen molar-refractivity contribution in [3.63, 3.8) is 0 Å². The summed E-state index contributed by atoms with van der Waals surface area (Å²) in [6.07, 6.45) is -0.204. The first-order chi connectivity index (χ1) is 5.52. The fourth-order valence-electron chi connectivity index (χ4n) is 1.61. The smallest absolute Gasteiger partial charge is 0.320 e. The number of carboxylic acid groups (broad SMARTS) is 1. The molecule has 0 saturated carbocycles. The lowest BCUT2D eigenvalue weighted by Gasteiger charge is -2.18. The van der Waals surface area contributed by atoms with Crippen LogP contribution in [-0.4, -0.2) is 34.4 Å². The molecule has 1 heterocycles. The van der Waals surface area contributed by atoms with E-state index in [0.717, 1.165) is 0 Å². The summed E-state index contributed by atoms with van der Waals surface area (Å²) in [5.74, 6) is -0.610. The first-order valence-corrected chi connectivity index (χ1v) is 4.19. The predicted octanol–water partition coefficient (Wildman–Crippen LogP) is -0.182. The lowest BCUT2D eigenvalue weighted by molar-refractivity contribution is -0.139. The van der Waals surface area contributed by atoms with E-state index in [2.05, 4.69) is 5.32 Å². The van der Waals surface area contributed by atoms with Crippen molar-refractivity contribution in [3.8, 4) is 0 Å². The van der Waals surface area contributed by atoms with Gasteiger partial charge in [-0.15, -0.1) is 0 Å². The molecule has 0 aromatic heterocycles. The number of aliphatic carboxylic acids is 1. The maximum absolute atomic E-state index is 10.5. The Bertz CT molecular complexity index is 181. The molecular weight excluding hydrogens is 158 g/mol. The molecule has 3 N–H and O–H groups in total. The van der Waals surface area contributed by atoms with Crippen molar-refractivity contribution in [1.82, 2.24) is 5.32 Å². The number of carbonyl (C=O) groups is 1. The minimum atomic E-state index is -0.878. The zero-order chi connectivity index (χ0) is 9.30. The minimum Gasteiger partial charge on any atom is -0.480 e. The average Bonchev–Trinajstić information content (AvgIpc) is 2.30. The highest BCUT2D eigenvalue weighted by Crippen LogP contribution is 2.19. The third-order valence-corrected chi connectivity index (χ3v) is 2.30. The molecule has 0 aromatic carbocycles. The topological polar surface area (TPSA) is 69.6 Å². The fourth-order valence-corrected chi connectivity index (χ4v) is 1.61. The van der Waals surface area contributed by atoms with Crippen LogP contribution in [0.4, 0.5) is 0 Å². The van der Waals surface area contributed by atoms with Crippen LogP contribution >= 0.6 is 0 Å². The van der Waals surface area contributed by atoms with Gasteiger partial charge in [-0.2, -0.15) is 0 Å². The number of aliphatic hydroxyl groups is 1. The van der Waals surface area contributed by atoms with Gasteiger partial charge in [0.15, 0.2) is 0 Å². The monoisotopic (exact) mass is 173 g/mol. The largest absolute Gasteiger partial charge is 0.480 e. The predicted molar refractivity (Wildman–Crippen MR) is 43.8 cm³/mol. The molecule has 1 saturated heterocycles. The van der Waals surface area contributed by atoms with Crippen molar-refractivity contribution in [1.29, 1.82) is 0 Å². The average molecular weight is 173 g/mol. The number of hydrogen-bond acceptors (Lipinski definition) is 3. The molecule has 3 atom stereocenters. The summed E-state index contributed by atoms with van der Waals surface area (Å²) in [5, 5.41) is 21.0. The van der Waals surface area contributed by atoms with Crippen LogP contribution in [0.3, 0.4) is 0 Å². The van der Waals surface area contributed by atoms with E-state index in [1.807, 2.05) is 13.8 Å². The van der Waals surface area contributed by atoms with E-state index in [1.165, 1.54) is 0 Å². The van der Waals surface area contributed by atoms with Gasteiger partial charge in [-0.25, -0.2) is 0 Å². The second-order valence-corrected chi connectivity index (χ2v) is 3.63. The molecule has 1 fully saturated rings. The van der Waals surface area contributed by atoms with Crippen molar-refractivity contribution >= 4 is 5.97 Å². The Balaban J connectivity index is 2.56. The molecule has 2 unspecified atom stereocenters. The molecule has 0 radical (unpaired) electrons. The summed E-state index contributed by atoms with van der Waals surface area (Å²) in [6, 6.07) is -0.654. The molecular formula is C8H15NO3. The number of rotatable bonds is 2. The van der Waals surface area contributed by atoms with Gasteiger partial charge in [-0.05, 0) is 5.92 Å². The molecule has 0 amide bonds. The molecule has 0 spiro atoms. The van der Waals surface area contributed by atoms with Gasteiger partial charge in [-0.3, -0.25) is 10.1 Å². The normalized spacial score (nSPS) is 35.8. The summed E-state index contributed by atoms with van der Waals surface area (Å²) in [4.78, 5) is 10.5. The maximum Gasteiger partial charge on any atom is 0.320 e. The van der Waals surface area contributed by atoms with Crippen LogP contribution in [0.2, 0.25) is 0 Å². The Kier molecular flexibility index (Phi) is 2.69. The van der Waals surface area contributed by atoms with Crippen LogP contribution in [0.15, 0.2) is 0 Å². The molecule has 0 aliphatic carbocycles. The Labute approximate surface area is 71.6 Å². The van der Waals surface area contributed by atoms with E-state index in [-0.39, 0.29) is 12.0 Å². The summed E-state index contributed by atoms with van der Waals surface area (Å²) >= 11 is 0. The zero-order valence-electron chi connectivity index (χ0n) is 7.32. The van der Waals surface area contributed by atoms with Crippen molar-refractivity contribution in [2.45, 2.75) is 38.5 Å². The highest BCUT2D eigenvalue weighted by molar-refractivity contribution is 5.74. The first-order valence-electron chi connectivity index (χ1n) is 4.19. The minimum absolute atomic E-state index is 0.0777. The Morgan fingerprint density at radius 2 is 2.17 bits per heavy atom. The highest BCUT2D eigenvalue weighted by atomic mass is 16.4. The van der Waals surface area contributed by atoms with Gasteiger partial charge < -0.3 is 10.2 Å². The standard InChI is InChI=1S/C8H15NO3/c1-4(2)7-6(10)3-5(9-7)8(11)12/h4-7,9-10H,3H2,1-2H3,(H,11,12)/t5?,6?,7-/m0/s1.